The standard InChI is InChI=1S/C13H19F2NO3S/c1-8(4-10(3)17)7-16-20(18,19)13-6-11(14)9(2)5-12(13)15/h5-6,8,10,16-17H,4,7H2,1-3H3. The van der Waals surface area contributed by atoms with E-state index in [1.165, 1.54) is 6.92 Å². The average Bonchev–Trinajstić information content (AvgIpc) is 2.30. The lowest BCUT2D eigenvalue weighted by Gasteiger charge is -2.15. The van der Waals surface area contributed by atoms with Gasteiger partial charge >= 0.3 is 0 Å². The SMILES string of the molecule is Cc1cc(F)c(S(=O)(=O)NCC(C)CC(C)O)cc1F. The zero-order valence-electron chi connectivity index (χ0n) is 11.7. The first-order chi connectivity index (χ1) is 9.13. The Hall–Kier alpha value is -1.05. The molecule has 0 heterocycles. The van der Waals surface area contributed by atoms with Gasteiger partial charge in [0.15, 0.2) is 0 Å². The summed E-state index contributed by atoms with van der Waals surface area (Å²) in [4.78, 5) is -0.704. The molecule has 2 atom stereocenters. The molecule has 0 amide bonds. The van der Waals surface area contributed by atoms with Crippen molar-refractivity contribution in [3.05, 3.63) is 29.3 Å². The number of nitrogens with one attached hydrogen (secondary N) is 1. The van der Waals surface area contributed by atoms with Gasteiger partial charge in [-0.05, 0) is 43.9 Å². The summed E-state index contributed by atoms with van der Waals surface area (Å²) in [5.41, 5.74) is 0.0453. The van der Waals surface area contributed by atoms with Crippen LogP contribution in [0.15, 0.2) is 17.0 Å². The van der Waals surface area contributed by atoms with Crippen LogP contribution in [0.5, 0.6) is 0 Å². The average molecular weight is 307 g/mol. The van der Waals surface area contributed by atoms with Crippen molar-refractivity contribution in [3.8, 4) is 0 Å². The summed E-state index contributed by atoms with van der Waals surface area (Å²) in [6, 6.07) is 1.52. The van der Waals surface area contributed by atoms with E-state index in [1.807, 2.05) is 0 Å². The Bertz CT molecular complexity index is 573. The summed E-state index contributed by atoms with van der Waals surface area (Å²) < 4.78 is 53.1. The van der Waals surface area contributed by atoms with Crippen LogP contribution in [0.2, 0.25) is 0 Å². The molecule has 0 aliphatic rings. The summed E-state index contributed by atoms with van der Waals surface area (Å²) in [5, 5.41) is 9.19. The van der Waals surface area contributed by atoms with E-state index in [4.69, 9.17) is 0 Å². The van der Waals surface area contributed by atoms with Gasteiger partial charge in [-0.15, -0.1) is 0 Å². The van der Waals surface area contributed by atoms with E-state index in [9.17, 15) is 22.3 Å². The molecule has 20 heavy (non-hydrogen) atoms. The molecule has 0 saturated carbocycles. The number of halogens is 2. The number of aryl methyl sites for hydroxylation is 1. The molecule has 0 spiro atoms. The van der Waals surface area contributed by atoms with Crippen molar-refractivity contribution in [2.24, 2.45) is 5.92 Å². The minimum Gasteiger partial charge on any atom is -0.393 e. The number of aliphatic hydroxyl groups is 1. The molecule has 0 aliphatic heterocycles. The molecule has 1 aromatic carbocycles. The Balaban J connectivity index is 2.87. The second kappa shape index (κ2) is 6.60. The Morgan fingerprint density at radius 1 is 1.25 bits per heavy atom. The minimum atomic E-state index is -4.11. The van der Waals surface area contributed by atoms with E-state index in [2.05, 4.69) is 4.72 Å². The van der Waals surface area contributed by atoms with Gasteiger partial charge in [0.1, 0.15) is 16.5 Å². The highest BCUT2D eigenvalue weighted by Crippen LogP contribution is 2.19. The number of hydrogen-bond donors (Lipinski definition) is 2. The van der Waals surface area contributed by atoms with Crippen LogP contribution in [0.1, 0.15) is 25.8 Å². The van der Waals surface area contributed by atoms with Gasteiger partial charge in [0.05, 0.1) is 6.10 Å². The summed E-state index contributed by atoms with van der Waals surface area (Å²) in [6.45, 7) is 4.75. The van der Waals surface area contributed by atoms with Crippen molar-refractivity contribution in [3.63, 3.8) is 0 Å². The van der Waals surface area contributed by atoms with Crippen molar-refractivity contribution < 1.29 is 22.3 Å². The van der Waals surface area contributed by atoms with Gasteiger partial charge in [0.2, 0.25) is 10.0 Å². The van der Waals surface area contributed by atoms with Crippen LogP contribution in [-0.2, 0) is 10.0 Å². The Kier molecular flexibility index (Phi) is 5.61. The van der Waals surface area contributed by atoms with Crippen LogP contribution >= 0.6 is 0 Å². The van der Waals surface area contributed by atoms with Crippen LogP contribution in [0.3, 0.4) is 0 Å². The zero-order chi connectivity index (χ0) is 15.5. The van der Waals surface area contributed by atoms with E-state index >= 15 is 0 Å². The highest BCUT2D eigenvalue weighted by Gasteiger charge is 2.21. The van der Waals surface area contributed by atoms with Crippen molar-refractivity contribution in [2.75, 3.05) is 6.54 Å². The maximum Gasteiger partial charge on any atom is 0.243 e. The Morgan fingerprint density at radius 3 is 2.40 bits per heavy atom. The Labute approximate surface area is 117 Å². The van der Waals surface area contributed by atoms with E-state index in [0.717, 1.165) is 6.07 Å². The molecule has 0 saturated heterocycles. The zero-order valence-corrected chi connectivity index (χ0v) is 12.5. The molecule has 1 aromatic rings. The lowest BCUT2D eigenvalue weighted by atomic mass is 10.1. The molecule has 4 nitrogen and oxygen atoms in total. The fraction of sp³-hybridized carbons (Fsp3) is 0.538. The quantitative estimate of drug-likeness (QED) is 0.844. The van der Waals surface area contributed by atoms with Crippen molar-refractivity contribution in [1.82, 2.24) is 4.72 Å². The molecule has 1 rings (SSSR count). The minimum absolute atomic E-state index is 0.0438. The predicted octanol–water partition coefficient (Wildman–Crippen LogP) is 1.96. The highest BCUT2D eigenvalue weighted by molar-refractivity contribution is 7.89. The summed E-state index contributed by atoms with van der Waals surface area (Å²) in [6.07, 6.45) is -0.143. The third-order valence-electron chi connectivity index (χ3n) is 2.87. The van der Waals surface area contributed by atoms with Gasteiger partial charge in [-0.2, -0.15) is 0 Å². The molecule has 0 radical (unpaired) electrons. The maximum absolute atomic E-state index is 13.6. The second-order valence-corrected chi connectivity index (χ2v) is 6.81. The number of benzene rings is 1. The van der Waals surface area contributed by atoms with Gasteiger partial charge in [-0.3, -0.25) is 0 Å². The molecule has 0 bridgehead atoms. The molecule has 0 fully saturated rings. The highest BCUT2D eigenvalue weighted by atomic mass is 32.2. The molecular formula is C13H19F2NO3S. The van der Waals surface area contributed by atoms with Crippen LogP contribution in [0, 0.1) is 24.5 Å². The number of aliphatic hydroxyl groups excluding tert-OH is 1. The van der Waals surface area contributed by atoms with Gasteiger partial charge in [-0.25, -0.2) is 21.9 Å². The second-order valence-electron chi connectivity index (χ2n) is 5.07. The molecule has 2 unspecified atom stereocenters. The smallest absolute Gasteiger partial charge is 0.243 e. The van der Waals surface area contributed by atoms with Crippen molar-refractivity contribution in [1.29, 1.82) is 0 Å². The van der Waals surface area contributed by atoms with Crippen LogP contribution in [-0.4, -0.2) is 26.2 Å². The van der Waals surface area contributed by atoms with Gasteiger partial charge in [0.25, 0.3) is 0 Å². The fourth-order valence-corrected chi connectivity index (χ4v) is 3.06. The Morgan fingerprint density at radius 2 is 1.85 bits per heavy atom. The van der Waals surface area contributed by atoms with Gasteiger partial charge in [0, 0.05) is 6.54 Å². The topological polar surface area (TPSA) is 66.4 Å². The lowest BCUT2D eigenvalue weighted by Crippen LogP contribution is -2.30. The maximum atomic E-state index is 13.6. The third-order valence-corrected chi connectivity index (χ3v) is 4.31. The molecule has 7 heteroatoms. The lowest BCUT2D eigenvalue weighted by molar-refractivity contribution is 0.165. The first-order valence-electron chi connectivity index (χ1n) is 6.27. The molecule has 2 N–H and O–H groups in total. The summed E-state index contributed by atoms with van der Waals surface area (Å²) in [7, 11) is -4.11. The number of rotatable bonds is 6. The van der Waals surface area contributed by atoms with E-state index in [-0.39, 0.29) is 18.0 Å². The van der Waals surface area contributed by atoms with Gasteiger partial charge in [-0.1, -0.05) is 6.92 Å². The van der Waals surface area contributed by atoms with E-state index in [0.29, 0.717) is 12.5 Å². The normalized spacial score (nSPS) is 15.1. The molecule has 0 aliphatic carbocycles. The molecule has 0 aromatic heterocycles. The number of hydrogen-bond acceptors (Lipinski definition) is 3. The van der Waals surface area contributed by atoms with Gasteiger partial charge < -0.3 is 5.11 Å². The number of sulfonamides is 1. The molecule has 114 valence electrons. The van der Waals surface area contributed by atoms with E-state index in [1.54, 1.807) is 13.8 Å². The first kappa shape index (κ1) is 17.0. The fourth-order valence-electron chi connectivity index (χ4n) is 1.83. The monoisotopic (exact) mass is 307 g/mol. The van der Waals surface area contributed by atoms with Crippen LogP contribution < -0.4 is 4.72 Å². The third kappa shape index (κ3) is 4.50. The molecular weight excluding hydrogens is 288 g/mol. The van der Waals surface area contributed by atoms with Crippen LogP contribution in [0.25, 0.3) is 0 Å². The van der Waals surface area contributed by atoms with Crippen molar-refractivity contribution in [2.45, 2.75) is 38.2 Å². The van der Waals surface area contributed by atoms with E-state index < -0.39 is 32.7 Å². The first-order valence-corrected chi connectivity index (χ1v) is 7.75. The predicted molar refractivity (Wildman–Crippen MR) is 71.7 cm³/mol. The van der Waals surface area contributed by atoms with Crippen molar-refractivity contribution >= 4 is 10.0 Å². The summed E-state index contributed by atoms with van der Waals surface area (Å²) in [5.74, 6) is -1.88. The summed E-state index contributed by atoms with van der Waals surface area (Å²) >= 11 is 0. The largest absolute Gasteiger partial charge is 0.393 e. The van der Waals surface area contributed by atoms with Crippen LogP contribution in [0.4, 0.5) is 8.78 Å².